The van der Waals surface area contributed by atoms with Gasteiger partial charge in [0, 0.05) is 0 Å². The summed E-state index contributed by atoms with van der Waals surface area (Å²) in [5.41, 5.74) is 2.26. The predicted molar refractivity (Wildman–Crippen MR) is 153 cm³/mol. The minimum absolute atomic E-state index is 0.110. The Balaban J connectivity index is 1.16. The van der Waals surface area contributed by atoms with Crippen molar-refractivity contribution in [1.82, 2.24) is 0 Å². The van der Waals surface area contributed by atoms with Gasteiger partial charge in [0.2, 0.25) is 0 Å². The number of fused-ring (bicyclic) bond motifs is 10. The van der Waals surface area contributed by atoms with Crippen LogP contribution in [0.3, 0.4) is 0 Å². The van der Waals surface area contributed by atoms with Crippen LogP contribution in [-0.4, -0.2) is 31.3 Å². The van der Waals surface area contributed by atoms with E-state index in [1.165, 1.54) is 103 Å². The van der Waals surface area contributed by atoms with Gasteiger partial charge in [-0.2, -0.15) is 0 Å². The van der Waals surface area contributed by atoms with E-state index in [-0.39, 0.29) is 7.92 Å². The van der Waals surface area contributed by atoms with Crippen LogP contribution in [0.15, 0.2) is 0 Å². The molecule has 1 spiro atoms. The fourth-order valence-corrected chi connectivity index (χ4v) is 130. The van der Waals surface area contributed by atoms with Crippen LogP contribution >= 0.6 is 15.1 Å². The first-order chi connectivity index (χ1) is 16.7. The summed E-state index contributed by atoms with van der Waals surface area (Å²) in [6.45, 7) is 14.7. The third kappa shape index (κ3) is 0.498. The molecule has 2 aliphatic carbocycles. The maximum atomic E-state index is 17.0. The Morgan fingerprint density at radius 3 is 1.44 bits per heavy atom. The van der Waals surface area contributed by atoms with Gasteiger partial charge in [-0.1, -0.05) is 0 Å². The molecule has 12 aliphatic rings. The monoisotopic (exact) mass is 570 g/mol. The molecule has 0 aromatic rings. The number of hydrogen-bond donors (Lipinski definition) is 0. The minimum atomic E-state index is -3.85. The zero-order valence-corrected chi connectivity index (χ0v) is 27.0. The van der Waals surface area contributed by atoms with E-state index < -0.39 is 13.7 Å². The normalized spacial score (nSPS) is 73.4. The first kappa shape index (κ1) is 21.0. The van der Waals surface area contributed by atoms with Crippen molar-refractivity contribution in [1.29, 1.82) is 0 Å². The molecule has 36 heavy (non-hydrogen) atoms. The summed E-state index contributed by atoms with van der Waals surface area (Å²) < 4.78 is 18.3. The molecule has 0 N–H and O–H groups in total. The van der Waals surface area contributed by atoms with Gasteiger partial charge in [0.25, 0.3) is 0 Å². The van der Waals surface area contributed by atoms with Crippen molar-refractivity contribution in [3.05, 3.63) is 0 Å². The summed E-state index contributed by atoms with van der Waals surface area (Å²) in [7, 11) is -2.31. The van der Waals surface area contributed by atoms with Crippen LogP contribution < -0.4 is 0 Å². The van der Waals surface area contributed by atoms with E-state index in [0.717, 1.165) is 9.97 Å². The molecule has 10 aliphatic heterocycles. The molecule has 0 aromatic heterocycles. The maximum absolute atomic E-state index is 17.0. The van der Waals surface area contributed by atoms with E-state index in [2.05, 4.69) is 48.5 Å². The standard InChI is InChI=1S/C27H47OP2.C5H5.Fe/c1-21(29(26(2,3)4)27(5,6)7)24-19-14-20-25(24)30(28,22-15-10-8-11-16-22)23-17-12-9-13-18-23;1-2-4-5-3-1;/h14,19-23H,8-13,15-18H2,1-7H3;1-5H;. The van der Waals surface area contributed by atoms with Crippen LogP contribution in [0.25, 0.3) is 0 Å². The summed E-state index contributed by atoms with van der Waals surface area (Å²) in [4.78, 5) is 10.2. The number of hydrogen-bond acceptors (Lipinski definition) is 1. The van der Waals surface area contributed by atoms with Gasteiger partial charge in [-0.3, -0.25) is 0 Å². The molecule has 12 rings (SSSR count). The number of rotatable bonds is 5. The summed E-state index contributed by atoms with van der Waals surface area (Å²) in [6, 6.07) is 0. The fraction of sp³-hybridized carbons (Fsp3) is 1.00. The van der Waals surface area contributed by atoms with Crippen LogP contribution in [0.2, 0.25) is 42.8 Å². The molecular formula is C32H52FeOP2. The summed E-state index contributed by atoms with van der Waals surface area (Å²) in [5.74, 6) is 0. The second-order valence-corrected chi connectivity index (χ2v) is 51.9. The van der Waals surface area contributed by atoms with Crippen LogP contribution in [-0.2, 0) is 11.1 Å². The van der Waals surface area contributed by atoms with Crippen molar-refractivity contribution in [2.75, 3.05) is 0 Å². The van der Waals surface area contributed by atoms with Crippen molar-refractivity contribution in [3.63, 3.8) is 0 Å². The van der Waals surface area contributed by atoms with Gasteiger partial charge in [0.05, 0.1) is 0 Å². The zero-order valence-electron chi connectivity index (χ0n) is 24.1. The molecule has 0 bridgehead atoms. The van der Waals surface area contributed by atoms with Crippen molar-refractivity contribution >= 4 is 15.1 Å². The van der Waals surface area contributed by atoms with Crippen LogP contribution in [0.4, 0.5) is 0 Å². The molecule has 6 atom stereocenters. The van der Waals surface area contributed by atoms with Crippen LogP contribution in [0.5, 0.6) is 0 Å². The van der Waals surface area contributed by atoms with E-state index >= 15 is 4.57 Å². The molecule has 10 heterocycles. The van der Waals surface area contributed by atoms with Gasteiger partial charge < -0.3 is 0 Å². The Morgan fingerprint density at radius 2 is 1.11 bits per heavy atom. The topological polar surface area (TPSA) is 17.1 Å². The van der Waals surface area contributed by atoms with Crippen LogP contribution in [0, 0.1) is 0 Å². The van der Waals surface area contributed by atoms with E-state index in [0.29, 0.717) is 25.7 Å². The molecule has 1 nitrogen and oxygen atoms in total. The molecule has 0 radical (unpaired) electrons. The van der Waals surface area contributed by atoms with Crippen molar-refractivity contribution < 1.29 is 11.1 Å². The van der Waals surface area contributed by atoms with Gasteiger partial charge in [0.15, 0.2) is 0 Å². The third-order valence-corrected chi connectivity index (χ3v) is 78.9. The second-order valence-electron chi connectivity index (χ2n) is 20.4. The predicted octanol–water partition coefficient (Wildman–Crippen LogP) is 11.1. The van der Waals surface area contributed by atoms with Crippen molar-refractivity contribution in [2.45, 2.75) is 187 Å². The van der Waals surface area contributed by atoms with Gasteiger partial charge in [0.1, 0.15) is 0 Å². The first-order valence-corrected chi connectivity index (χ1v) is 25.7. The van der Waals surface area contributed by atoms with Crippen molar-refractivity contribution in [3.8, 4) is 0 Å². The summed E-state index contributed by atoms with van der Waals surface area (Å²) in [6.07, 6.45) is 14.0. The molecule has 0 amide bonds. The Kier molecular flexibility index (Phi) is 1.75. The quantitative estimate of drug-likeness (QED) is 0.237. The van der Waals surface area contributed by atoms with Gasteiger partial charge in [-0.15, -0.1) is 0 Å². The molecule has 5 unspecified atom stereocenters. The third-order valence-electron chi connectivity index (χ3n) is 22.1. The molecule has 2 saturated carbocycles. The summed E-state index contributed by atoms with van der Waals surface area (Å²) >= 11 is 0. The van der Waals surface area contributed by atoms with E-state index in [1.54, 1.807) is 0 Å². The fourth-order valence-electron chi connectivity index (χ4n) is 25.0. The Morgan fingerprint density at radius 1 is 0.694 bits per heavy atom. The van der Waals surface area contributed by atoms with Crippen LogP contribution in [0.1, 0.15) is 113 Å². The van der Waals surface area contributed by atoms with E-state index in [4.69, 9.17) is 0 Å². The van der Waals surface area contributed by atoms with E-state index in [9.17, 15) is 0 Å². The first-order valence-electron chi connectivity index (χ1n) is 16.3. The molecule has 12 fully saturated rings. The van der Waals surface area contributed by atoms with E-state index in [1.807, 2.05) is 0 Å². The molecule has 204 valence electrons. The summed E-state index contributed by atoms with van der Waals surface area (Å²) in [5, 5.41) is 0.824. The Hall–Kier alpha value is 1.18. The average molecular weight is 571 g/mol. The van der Waals surface area contributed by atoms with Crippen molar-refractivity contribution in [2.24, 2.45) is 0 Å². The zero-order chi connectivity index (χ0) is 24.8. The SMILES string of the molecule is CC(P(C(C)(C)C)C(C)(C)C)[C@]12[CH]3[CH]4[CH]5[C]1(P(=O)(C1CCCCC1)C1CCCCC1)[Fe]45321678[CH]2[CH]1[CH]6[CH]7[CH]28. The van der Waals surface area contributed by atoms with Gasteiger partial charge in [-0.25, -0.2) is 0 Å². The average Bonchev–Trinajstić information content (AvgIpc) is 3.76. The Labute approximate surface area is 212 Å². The second kappa shape index (κ2) is 3.00. The van der Waals surface area contributed by atoms with Gasteiger partial charge in [-0.05, 0) is 0 Å². The molecule has 4 heteroatoms. The van der Waals surface area contributed by atoms with Gasteiger partial charge >= 0.3 is 213 Å². The molecule has 0 aromatic carbocycles. The Bertz CT molecular complexity index is 1530. The molecule has 10 saturated heterocycles. The molecular weight excluding hydrogens is 518 g/mol.